The maximum Gasteiger partial charge on any atom is 0.195 e. The molecule has 1 unspecified atom stereocenters. The van der Waals surface area contributed by atoms with Crippen LogP contribution in [0.25, 0.3) is 0 Å². The Hall–Kier alpha value is -3.97. The summed E-state index contributed by atoms with van der Waals surface area (Å²) in [6, 6.07) is 18.9. The molecule has 0 fully saturated rings. The van der Waals surface area contributed by atoms with E-state index in [1.54, 1.807) is 73.7 Å². The van der Waals surface area contributed by atoms with Crippen molar-refractivity contribution < 1.29 is 9.59 Å². The van der Waals surface area contributed by atoms with Crippen molar-refractivity contribution in [2.24, 2.45) is 23.3 Å². The number of thiocarbonyl (C=S) groups is 2. The highest BCUT2D eigenvalue weighted by Crippen LogP contribution is 2.11. The van der Waals surface area contributed by atoms with Crippen LogP contribution in [0.15, 0.2) is 48.5 Å². The molecule has 0 amide bonds. The van der Waals surface area contributed by atoms with E-state index in [9.17, 15) is 9.59 Å². The van der Waals surface area contributed by atoms with Gasteiger partial charge in [-0.1, -0.05) is 84.1 Å². The highest BCUT2D eigenvalue weighted by atomic mass is 32.1. The van der Waals surface area contributed by atoms with Crippen molar-refractivity contribution in [1.82, 2.24) is 0 Å². The molecule has 0 aromatic heterocycles. The second kappa shape index (κ2) is 14.9. The van der Waals surface area contributed by atoms with Crippen LogP contribution >= 0.6 is 24.4 Å². The smallest absolute Gasteiger partial charge is 0.195 e. The highest BCUT2D eigenvalue weighted by molar-refractivity contribution is 7.80. The average Bonchev–Trinajstić information content (AvgIpc) is 2.75. The second-order valence-electron chi connectivity index (χ2n) is 6.73. The number of nitrogens with zero attached hydrogens (tertiary/aromatic N) is 3. The molecule has 0 aliphatic heterocycles. The van der Waals surface area contributed by atoms with Crippen LogP contribution < -0.4 is 11.5 Å². The number of aryl methyl sites for hydroxylation is 2. The predicted octanol–water partition coefficient (Wildman–Crippen LogP) is 3.74. The predicted molar refractivity (Wildman–Crippen MR) is 134 cm³/mol. The quantitative estimate of drug-likeness (QED) is 0.483. The van der Waals surface area contributed by atoms with Crippen molar-refractivity contribution in [3.8, 4) is 18.2 Å². The second-order valence-corrected chi connectivity index (χ2v) is 7.84. The Labute approximate surface area is 204 Å². The number of carbonyl (C=O) groups is 2. The number of Topliss-reactive ketones (excluding diaryl/α,β-unsaturated/α-hetero) is 2. The summed E-state index contributed by atoms with van der Waals surface area (Å²) in [5.74, 6) is -3.00. The lowest BCUT2D eigenvalue weighted by molar-refractivity contribution is 0.0964. The van der Waals surface area contributed by atoms with Gasteiger partial charge in [0, 0.05) is 11.1 Å². The van der Waals surface area contributed by atoms with Crippen LogP contribution in [0.1, 0.15) is 38.8 Å². The first kappa shape index (κ1) is 29.0. The van der Waals surface area contributed by atoms with Crippen molar-refractivity contribution in [1.29, 1.82) is 15.8 Å². The van der Waals surface area contributed by atoms with E-state index >= 15 is 0 Å². The molecule has 0 spiro atoms. The van der Waals surface area contributed by atoms with Crippen LogP contribution in [-0.2, 0) is 0 Å². The molecule has 2 aromatic carbocycles. The molecule has 9 heteroatoms. The maximum atomic E-state index is 11.7. The third-order valence-corrected chi connectivity index (χ3v) is 4.10. The molecule has 0 bridgehead atoms. The maximum absolute atomic E-state index is 11.7. The Morgan fingerprint density at radius 3 is 1.36 bits per heavy atom. The summed E-state index contributed by atoms with van der Waals surface area (Å²) in [7, 11) is 0. The van der Waals surface area contributed by atoms with E-state index in [1.807, 2.05) is 13.8 Å². The van der Waals surface area contributed by atoms with Gasteiger partial charge in [0.25, 0.3) is 0 Å². The number of nitriles is 3. The van der Waals surface area contributed by atoms with E-state index in [1.165, 1.54) is 0 Å². The van der Waals surface area contributed by atoms with Gasteiger partial charge >= 0.3 is 0 Å². The van der Waals surface area contributed by atoms with Crippen LogP contribution in [0.4, 0.5) is 0 Å². The van der Waals surface area contributed by atoms with Gasteiger partial charge in [-0.05, 0) is 20.8 Å². The van der Waals surface area contributed by atoms with E-state index in [0.29, 0.717) is 16.1 Å². The monoisotopic (exact) mass is 477 g/mol. The summed E-state index contributed by atoms with van der Waals surface area (Å²) in [6.07, 6.45) is 0. The van der Waals surface area contributed by atoms with E-state index in [0.717, 1.165) is 11.1 Å². The summed E-state index contributed by atoms with van der Waals surface area (Å²) in [6.45, 7) is 5.50. The van der Waals surface area contributed by atoms with Crippen LogP contribution in [0, 0.1) is 59.7 Å². The topological polar surface area (TPSA) is 158 Å². The zero-order valence-electron chi connectivity index (χ0n) is 18.4. The largest absolute Gasteiger partial charge is 0.394 e. The van der Waals surface area contributed by atoms with Crippen LogP contribution in [0.5, 0.6) is 0 Å². The molecule has 2 rings (SSSR count). The van der Waals surface area contributed by atoms with E-state index in [-0.39, 0.29) is 10.8 Å². The molecule has 0 aliphatic rings. The van der Waals surface area contributed by atoms with Gasteiger partial charge in [0.2, 0.25) is 0 Å². The van der Waals surface area contributed by atoms with E-state index in [4.69, 9.17) is 27.3 Å². The molecule has 7 nitrogen and oxygen atoms in total. The number of hydrogen-bond acceptors (Lipinski definition) is 7. The minimum atomic E-state index is -1.20. The fourth-order valence-electron chi connectivity index (χ4n) is 2.17. The molecule has 2 aromatic rings. The number of ketones is 2. The molecular formula is C24H23N5O2S2. The van der Waals surface area contributed by atoms with Gasteiger partial charge in [-0.3, -0.25) is 9.59 Å². The lowest BCUT2D eigenvalue weighted by Gasteiger charge is -2.05. The van der Waals surface area contributed by atoms with Gasteiger partial charge in [-0.15, -0.1) is 0 Å². The molecule has 0 saturated heterocycles. The Bertz CT molecular complexity index is 1100. The van der Waals surface area contributed by atoms with Gasteiger partial charge in [0.05, 0.1) is 28.2 Å². The molecule has 4 N–H and O–H groups in total. The minimum absolute atomic E-state index is 0.0805. The van der Waals surface area contributed by atoms with Crippen molar-refractivity contribution in [2.75, 3.05) is 0 Å². The number of nitrogens with two attached hydrogens (primary N) is 2. The molecular weight excluding hydrogens is 454 g/mol. The molecule has 33 heavy (non-hydrogen) atoms. The highest BCUT2D eigenvalue weighted by Gasteiger charge is 2.22. The number of carbonyl (C=O) groups excluding carboxylic acids is 2. The normalized spacial score (nSPS) is 9.85. The zero-order chi connectivity index (χ0) is 25.6. The lowest BCUT2D eigenvalue weighted by atomic mass is 9.98. The van der Waals surface area contributed by atoms with Gasteiger partial charge in [0.1, 0.15) is 0 Å². The third kappa shape index (κ3) is 10.8. The fourth-order valence-corrected chi connectivity index (χ4v) is 2.33. The lowest BCUT2D eigenvalue weighted by Crippen LogP contribution is -2.27. The Morgan fingerprint density at radius 2 is 1.09 bits per heavy atom. The molecule has 0 aliphatic carbocycles. The summed E-state index contributed by atoms with van der Waals surface area (Å²) in [4.78, 5) is 23.6. The minimum Gasteiger partial charge on any atom is -0.394 e. The SMILES string of the molecule is CC(N)=S.Cc1ccc(C(=O)C(C#N)C#N)cc1.Cc1ccc(C(=O)C(C#N)C(N)=S)cc1. The zero-order valence-corrected chi connectivity index (χ0v) is 20.0. The Morgan fingerprint density at radius 1 is 0.758 bits per heavy atom. The van der Waals surface area contributed by atoms with Crippen LogP contribution in [0.3, 0.4) is 0 Å². The number of rotatable bonds is 5. The summed E-state index contributed by atoms with van der Waals surface area (Å²) in [5.41, 5.74) is 13.1. The van der Waals surface area contributed by atoms with Crippen molar-refractivity contribution in [3.63, 3.8) is 0 Å². The first-order valence-electron chi connectivity index (χ1n) is 9.44. The van der Waals surface area contributed by atoms with Gasteiger partial charge in [0.15, 0.2) is 23.4 Å². The van der Waals surface area contributed by atoms with Gasteiger partial charge < -0.3 is 11.5 Å². The number of hydrogen-bond donors (Lipinski definition) is 2. The summed E-state index contributed by atoms with van der Waals surface area (Å²) < 4.78 is 0. The molecule has 0 radical (unpaired) electrons. The van der Waals surface area contributed by atoms with Crippen molar-refractivity contribution in [3.05, 3.63) is 70.8 Å². The third-order valence-electron chi connectivity index (χ3n) is 3.87. The van der Waals surface area contributed by atoms with Gasteiger partial charge in [-0.2, -0.15) is 15.8 Å². The molecule has 1 atom stereocenters. The molecule has 0 heterocycles. The van der Waals surface area contributed by atoms with Crippen LogP contribution in [-0.4, -0.2) is 21.5 Å². The molecule has 168 valence electrons. The number of benzene rings is 2. The van der Waals surface area contributed by atoms with E-state index < -0.39 is 17.6 Å². The van der Waals surface area contributed by atoms with Crippen molar-refractivity contribution >= 4 is 46.0 Å². The van der Waals surface area contributed by atoms with Gasteiger partial charge in [-0.25, -0.2) is 0 Å². The standard InChI is InChI=1S/C11H10N2OS.C11H8N2O.C2H5NS/c1-7-2-4-8(5-3-7)10(14)9(6-12)11(13)15;1-8-2-4-9(5-3-8)11(14)10(6-12)7-13;1-2(3)4/h2-5,9H,1H3,(H2,13,15);2-5,10H,1H3;1H3,(H2,3,4). The summed E-state index contributed by atoms with van der Waals surface area (Å²) >= 11 is 8.97. The fraction of sp³-hybridized carbons (Fsp3) is 0.208. The summed E-state index contributed by atoms with van der Waals surface area (Å²) in [5, 5.41) is 25.8. The first-order valence-corrected chi connectivity index (χ1v) is 10.3. The average molecular weight is 478 g/mol. The first-order chi connectivity index (χ1) is 15.5. The van der Waals surface area contributed by atoms with Crippen LogP contribution in [0.2, 0.25) is 0 Å². The Kier molecular flexibility index (Phi) is 13.1. The van der Waals surface area contributed by atoms with Crippen molar-refractivity contribution in [2.45, 2.75) is 20.8 Å². The Balaban J connectivity index is 0.000000536. The molecule has 0 saturated carbocycles. The van der Waals surface area contributed by atoms with E-state index in [2.05, 4.69) is 24.4 Å².